The standard InChI is InChI=1S/C16H19F3N6/c1-24(2)14-9-13(21-15(22-14)25(3)4)23-20-10-11-7-5-6-8-12(11)16(17,18)19/h5-10H,1-4H3,(H,21,22,23)/b20-10+. The second kappa shape index (κ2) is 7.37. The van der Waals surface area contributed by atoms with E-state index in [9.17, 15) is 13.2 Å². The largest absolute Gasteiger partial charge is 0.417 e. The quantitative estimate of drug-likeness (QED) is 0.662. The van der Waals surface area contributed by atoms with Crippen molar-refractivity contribution in [3.63, 3.8) is 0 Å². The molecule has 1 aromatic carbocycles. The first kappa shape index (κ1) is 18.5. The number of rotatable bonds is 5. The molecule has 2 aromatic rings. The van der Waals surface area contributed by atoms with Gasteiger partial charge in [-0.2, -0.15) is 28.2 Å². The van der Waals surface area contributed by atoms with E-state index in [1.807, 2.05) is 14.1 Å². The van der Waals surface area contributed by atoms with Crippen LogP contribution in [0.3, 0.4) is 0 Å². The fourth-order valence-electron chi connectivity index (χ4n) is 1.94. The molecule has 2 rings (SSSR count). The number of hydrogen-bond acceptors (Lipinski definition) is 6. The van der Waals surface area contributed by atoms with Crippen molar-refractivity contribution < 1.29 is 13.2 Å². The summed E-state index contributed by atoms with van der Waals surface area (Å²) in [5.74, 6) is 1.48. The summed E-state index contributed by atoms with van der Waals surface area (Å²) in [5.41, 5.74) is 1.89. The van der Waals surface area contributed by atoms with Crippen LogP contribution in [0.1, 0.15) is 11.1 Å². The summed E-state index contributed by atoms with van der Waals surface area (Å²) in [6.45, 7) is 0. The molecule has 0 unspecified atom stereocenters. The van der Waals surface area contributed by atoms with Crippen LogP contribution >= 0.6 is 0 Å². The number of hydrogen-bond donors (Lipinski definition) is 1. The molecule has 0 atom stereocenters. The number of nitrogens with one attached hydrogen (secondary N) is 1. The molecular weight excluding hydrogens is 333 g/mol. The molecule has 1 aromatic heterocycles. The van der Waals surface area contributed by atoms with Gasteiger partial charge in [0.25, 0.3) is 0 Å². The molecule has 0 saturated heterocycles. The molecule has 0 saturated carbocycles. The fraction of sp³-hybridized carbons (Fsp3) is 0.312. The number of halogens is 3. The number of nitrogens with zero attached hydrogens (tertiary/aromatic N) is 5. The highest BCUT2D eigenvalue weighted by atomic mass is 19.4. The lowest BCUT2D eigenvalue weighted by atomic mass is 10.1. The molecule has 0 spiro atoms. The maximum Gasteiger partial charge on any atom is 0.417 e. The van der Waals surface area contributed by atoms with Gasteiger partial charge in [0.15, 0.2) is 5.82 Å². The third-order valence-corrected chi connectivity index (χ3v) is 3.21. The van der Waals surface area contributed by atoms with Crippen molar-refractivity contribution in [2.45, 2.75) is 6.18 Å². The normalized spacial score (nSPS) is 11.6. The van der Waals surface area contributed by atoms with Gasteiger partial charge in [-0.1, -0.05) is 18.2 Å². The number of hydrazone groups is 1. The van der Waals surface area contributed by atoms with Crippen LogP contribution in [0.5, 0.6) is 0 Å². The van der Waals surface area contributed by atoms with Gasteiger partial charge in [-0.25, -0.2) is 0 Å². The van der Waals surface area contributed by atoms with Crippen LogP contribution in [0.2, 0.25) is 0 Å². The molecule has 1 N–H and O–H groups in total. The Hall–Kier alpha value is -2.84. The van der Waals surface area contributed by atoms with Crippen molar-refractivity contribution in [3.05, 3.63) is 41.5 Å². The zero-order valence-corrected chi connectivity index (χ0v) is 14.3. The van der Waals surface area contributed by atoms with Crippen LogP contribution in [-0.4, -0.2) is 44.4 Å². The first-order valence-corrected chi connectivity index (χ1v) is 7.37. The summed E-state index contributed by atoms with van der Waals surface area (Å²) in [5, 5.41) is 3.88. The monoisotopic (exact) mass is 352 g/mol. The Labute approximate surface area is 144 Å². The van der Waals surface area contributed by atoms with Gasteiger partial charge >= 0.3 is 6.18 Å². The van der Waals surface area contributed by atoms with Gasteiger partial charge in [0.05, 0.1) is 11.8 Å². The molecule has 0 aliphatic heterocycles. The molecule has 0 aliphatic rings. The average Bonchev–Trinajstić information content (AvgIpc) is 2.54. The molecule has 0 fully saturated rings. The molecule has 134 valence electrons. The first-order valence-electron chi connectivity index (χ1n) is 7.37. The summed E-state index contributed by atoms with van der Waals surface area (Å²) in [7, 11) is 7.24. The third-order valence-electron chi connectivity index (χ3n) is 3.21. The predicted molar refractivity (Wildman–Crippen MR) is 93.3 cm³/mol. The number of benzene rings is 1. The van der Waals surface area contributed by atoms with E-state index in [1.165, 1.54) is 18.2 Å². The summed E-state index contributed by atoms with van der Waals surface area (Å²) in [6, 6.07) is 6.88. The van der Waals surface area contributed by atoms with Crippen molar-refractivity contribution in [3.8, 4) is 0 Å². The van der Waals surface area contributed by atoms with Gasteiger partial charge in [-0.3, -0.25) is 5.43 Å². The molecule has 1 heterocycles. The number of alkyl halides is 3. The van der Waals surface area contributed by atoms with Gasteiger partial charge in [-0.05, 0) is 6.07 Å². The number of anilines is 3. The minimum absolute atomic E-state index is 0.0303. The van der Waals surface area contributed by atoms with Crippen LogP contribution in [0.15, 0.2) is 35.4 Å². The highest BCUT2D eigenvalue weighted by Gasteiger charge is 2.32. The highest BCUT2D eigenvalue weighted by Crippen LogP contribution is 2.31. The highest BCUT2D eigenvalue weighted by molar-refractivity contribution is 5.82. The van der Waals surface area contributed by atoms with E-state index in [0.717, 1.165) is 12.3 Å². The maximum atomic E-state index is 13.0. The van der Waals surface area contributed by atoms with Crippen LogP contribution < -0.4 is 15.2 Å². The van der Waals surface area contributed by atoms with Crippen molar-refractivity contribution in [1.29, 1.82) is 0 Å². The zero-order valence-electron chi connectivity index (χ0n) is 14.3. The van der Waals surface area contributed by atoms with E-state index in [-0.39, 0.29) is 5.56 Å². The van der Waals surface area contributed by atoms with E-state index in [2.05, 4.69) is 20.5 Å². The lowest BCUT2D eigenvalue weighted by Gasteiger charge is -2.17. The molecule has 25 heavy (non-hydrogen) atoms. The van der Waals surface area contributed by atoms with Crippen molar-refractivity contribution in [2.24, 2.45) is 5.10 Å². The van der Waals surface area contributed by atoms with E-state index >= 15 is 0 Å². The van der Waals surface area contributed by atoms with Gasteiger partial charge in [-0.15, -0.1) is 0 Å². The van der Waals surface area contributed by atoms with Gasteiger partial charge in [0.1, 0.15) is 5.82 Å². The Morgan fingerprint density at radius 1 is 1.04 bits per heavy atom. The maximum absolute atomic E-state index is 13.0. The molecular formula is C16H19F3N6. The van der Waals surface area contributed by atoms with E-state index in [0.29, 0.717) is 17.6 Å². The Kier molecular flexibility index (Phi) is 5.45. The topological polar surface area (TPSA) is 56.6 Å². The molecule has 0 bridgehead atoms. The Bertz CT molecular complexity index is 730. The second-order valence-corrected chi connectivity index (χ2v) is 5.66. The van der Waals surface area contributed by atoms with Gasteiger partial charge in [0, 0.05) is 39.8 Å². The van der Waals surface area contributed by atoms with Crippen molar-refractivity contribution >= 4 is 23.8 Å². The summed E-state index contributed by atoms with van der Waals surface area (Å²) < 4.78 is 38.9. The van der Waals surface area contributed by atoms with Crippen LogP contribution in [0, 0.1) is 0 Å². The van der Waals surface area contributed by atoms with E-state index in [1.54, 1.807) is 30.0 Å². The summed E-state index contributed by atoms with van der Waals surface area (Å²) >= 11 is 0. The summed E-state index contributed by atoms with van der Waals surface area (Å²) in [6.07, 6.45) is -3.32. The van der Waals surface area contributed by atoms with Gasteiger partial charge in [0.2, 0.25) is 5.95 Å². The first-order chi connectivity index (χ1) is 11.7. The van der Waals surface area contributed by atoms with Crippen LogP contribution in [0.4, 0.5) is 30.8 Å². The fourth-order valence-corrected chi connectivity index (χ4v) is 1.94. The Morgan fingerprint density at radius 3 is 2.32 bits per heavy atom. The molecule has 0 amide bonds. The Morgan fingerprint density at radius 2 is 1.72 bits per heavy atom. The third kappa shape index (κ3) is 4.82. The lowest BCUT2D eigenvalue weighted by molar-refractivity contribution is -0.137. The summed E-state index contributed by atoms with van der Waals surface area (Å²) in [4.78, 5) is 12.1. The molecule has 0 aliphatic carbocycles. The molecule has 0 radical (unpaired) electrons. The van der Waals surface area contributed by atoms with Gasteiger partial charge < -0.3 is 9.80 Å². The minimum Gasteiger partial charge on any atom is -0.363 e. The van der Waals surface area contributed by atoms with E-state index < -0.39 is 11.7 Å². The van der Waals surface area contributed by atoms with Crippen LogP contribution in [0.25, 0.3) is 0 Å². The molecule has 6 nitrogen and oxygen atoms in total. The second-order valence-electron chi connectivity index (χ2n) is 5.66. The van der Waals surface area contributed by atoms with Crippen LogP contribution in [-0.2, 0) is 6.18 Å². The minimum atomic E-state index is -4.44. The SMILES string of the molecule is CN(C)c1cc(N/N=C/c2ccccc2C(F)(F)F)nc(N(C)C)n1. The zero-order chi connectivity index (χ0) is 18.6. The van der Waals surface area contributed by atoms with Crippen molar-refractivity contribution in [1.82, 2.24) is 9.97 Å². The Balaban J connectivity index is 2.26. The smallest absolute Gasteiger partial charge is 0.363 e. The lowest BCUT2D eigenvalue weighted by Crippen LogP contribution is -2.17. The molecule has 9 heteroatoms. The average molecular weight is 352 g/mol. The van der Waals surface area contributed by atoms with E-state index in [4.69, 9.17) is 0 Å². The number of aromatic nitrogens is 2. The predicted octanol–water partition coefficient (Wildman–Crippen LogP) is 3.07. The van der Waals surface area contributed by atoms with Crippen molar-refractivity contribution in [2.75, 3.05) is 43.4 Å².